The van der Waals surface area contributed by atoms with Gasteiger partial charge in [-0.1, -0.05) is 12.1 Å². The number of aryl methyl sites for hydroxylation is 1. The lowest BCUT2D eigenvalue weighted by atomic mass is 9.97. The molecule has 1 aliphatic heterocycles. The first-order chi connectivity index (χ1) is 15.4. The predicted molar refractivity (Wildman–Crippen MR) is 128 cm³/mol. The number of morpholine rings is 1. The van der Waals surface area contributed by atoms with E-state index < -0.39 is 0 Å². The van der Waals surface area contributed by atoms with Crippen molar-refractivity contribution in [1.29, 1.82) is 0 Å². The second-order valence-electron chi connectivity index (χ2n) is 8.84. The fourth-order valence-corrected chi connectivity index (χ4v) is 4.08. The Morgan fingerprint density at radius 2 is 1.94 bits per heavy atom. The van der Waals surface area contributed by atoms with Gasteiger partial charge in [-0.25, -0.2) is 9.97 Å². The van der Waals surface area contributed by atoms with Crippen molar-refractivity contribution < 1.29 is 9.53 Å². The number of ether oxygens (including phenoxy) is 1. The number of carbonyl (C=O) groups excluding carboxylic acids is 1. The fourth-order valence-electron chi connectivity index (χ4n) is 4.08. The third-order valence-corrected chi connectivity index (χ3v) is 6.16. The van der Waals surface area contributed by atoms with Crippen molar-refractivity contribution in [2.24, 2.45) is 0 Å². The van der Waals surface area contributed by atoms with Crippen LogP contribution in [0.1, 0.15) is 29.8 Å². The second kappa shape index (κ2) is 9.22. The molecular weight excluding hydrogens is 402 g/mol. The Morgan fingerprint density at radius 1 is 1.16 bits per heavy atom. The van der Waals surface area contributed by atoms with Gasteiger partial charge in [-0.2, -0.15) is 0 Å². The lowest BCUT2D eigenvalue weighted by Crippen LogP contribution is -2.53. The van der Waals surface area contributed by atoms with Crippen molar-refractivity contribution in [2.75, 3.05) is 45.2 Å². The van der Waals surface area contributed by atoms with Gasteiger partial charge in [-0.05, 0) is 61.7 Å². The first-order valence-corrected chi connectivity index (χ1v) is 11.0. The molecule has 4 rings (SSSR count). The van der Waals surface area contributed by atoms with E-state index in [-0.39, 0.29) is 11.4 Å². The average Bonchev–Trinajstić information content (AvgIpc) is 2.82. The molecule has 1 aliphatic rings. The fraction of sp³-hybridized carbons (Fsp3) is 0.400. The molecule has 1 aromatic heterocycles. The first kappa shape index (κ1) is 22.2. The third kappa shape index (κ3) is 4.74. The Labute approximate surface area is 189 Å². The largest absolute Gasteiger partial charge is 0.379 e. The zero-order chi connectivity index (χ0) is 22.7. The molecule has 168 valence electrons. The standard InChI is InChI=1S/C25H31N5O2/c1-17-5-6-19(23(31)26-4)14-21(17)18-7-8-22-20(13-18)15-27-24(29-22)28-16-25(2,3)30-9-11-32-12-10-30/h5-8,13-15H,9-12,16H2,1-4H3,(H,26,31)(H,27,28,29). The van der Waals surface area contributed by atoms with Crippen molar-refractivity contribution in [2.45, 2.75) is 26.3 Å². The van der Waals surface area contributed by atoms with E-state index in [1.165, 1.54) is 0 Å². The summed E-state index contributed by atoms with van der Waals surface area (Å²) >= 11 is 0. The summed E-state index contributed by atoms with van der Waals surface area (Å²) < 4.78 is 5.47. The summed E-state index contributed by atoms with van der Waals surface area (Å²) in [6, 6.07) is 11.9. The SMILES string of the molecule is CNC(=O)c1ccc(C)c(-c2ccc3nc(NCC(C)(C)N4CCOCC4)ncc3c2)c1. The molecule has 1 amide bonds. The van der Waals surface area contributed by atoms with Gasteiger partial charge < -0.3 is 15.4 Å². The molecule has 2 heterocycles. The highest BCUT2D eigenvalue weighted by atomic mass is 16.5. The van der Waals surface area contributed by atoms with Crippen LogP contribution in [0.3, 0.4) is 0 Å². The van der Waals surface area contributed by atoms with Crippen LogP contribution in [0, 0.1) is 6.92 Å². The van der Waals surface area contributed by atoms with Gasteiger partial charge in [-0.3, -0.25) is 9.69 Å². The van der Waals surface area contributed by atoms with Crippen molar-refractivity contribution in [3.8, 4) is 11.1 Å². The number of hydrogen-bond donors (Lipinski definition) is 2. The number of amides is 1. The average molecular weight is 434 g/mol. The summed E-state index contributed by atoms with van der Waals surface area (Å²) in [5.74, 6) is 0.537. The third-order valence-electron chi connectivity index (χ3n) is 6.16. The maximum atomic E-state index is 12.0. The van der Waals surface area contributed by atoms with Gasteiger partial charge in [0.2, 0.25) is 5.95 Å². The predicted octanol–water partition coefficient (Wildman–Crippen LogP) is 3.49. The van der Waals surface area contributed by atoms with Crippen LogP contribution in [0.25, 0.3) is 22.0 Å². The summed E-state index contributed by atoms with van der Waals surface area (Å²) in [4.78, 5) is 23.7. The van der Waals surface area contributed by atoms with Crippen LogP contribution in [0.4, 0.5) is 5.95 Å². The van der Waals surface area contributed by atoms with E-state index in [1.54, 1.807) is 7.05 Å². The van der Waals surface area contributed by atoms with Crippen molar-refractivity contribution in [1.82, 2.24) is 20.2 Å². The van der Waals surface area contributed by atoms with Gasteiger partial charge in [0.05, 0.1) is 18.7 Å². The molecule has 0 radical (unpaired) electrons. The molecule has 3 aromatic rings. The number of rotatable bonds is 6. The van der Waals surface area contributed by atoms with Crippen LogP contribution in [0.5, 0.6) is 0 Å². The number of aromatic nitrogens is 2. The van der Waals surface area contributed by atoms with Gasteiger partial charge in [-0.15, -0.1) is 0 Å². The Balaban J connectivity index is 1.53. The highest BCUT2D eigenvalue weighted by Crippen LogP contribution is 2.28. The highest BCUT2D eigenvalue weighted by Gasteiger charge is 2.28. The van der Waals surface area contributed by atoms with Gasteiger partial charge in [0.1, 0.15) is 0 Å². The number of carbonyl (C=O) groups is 1. The molecule has 0 saturated carbocycles. The lowest BCUT2D eigenvalue weighted by molar-refractivity contribution is -0.00572. The Kier molecular flexibility index (Phi) is 6.39. The number of fused-ring (bicyclic) bond motifs is 1. The topological polar surface area (TPSA) is 79.4 Å². The molecule has 7 heteroatoms. The Hall–Kier alpha value is -3.03. The maximum absolute atomic E-state index is 12.0. The molecule has 7 nitrogen and oxygen atoms in total. The highest BCUT2D eigenvalue weighted by molar-refractivity contribution is 5.96. The molecule has 32 heavy (non-hydrogen) atoms. The van der Waals surface area contributed by atoms with Gasteiger partial charge >= 0.3 is 0 Å². The monoisotopic (exact) mass is 433 g/mol. The zero-order valence-electron chi connectivity index (χ0n) is 19.2. The normalized spacial score (nSPS) is 15.0. The van der Waals surface area contributed by atoms with E-state index in [0.717, 1.165) is 60.4 Å². The molecule has 2 aromatic carbocycles. The number of benzene rings is 2. The number of nitrogens with one attached hydrogen (secondary N) is 2. The van der Waals surface area contributed by atoms with E-state index in [0.29, 0.717) is 11.5 Å². The van der Waals surface area contributed by atoms with Gasteiger partial charge in [0.25, 0.3) is 5.91 Å². The minimum absolute atomic E-state index is 0.0146. The van der Waals surface area contributed by atoms with E-state index >= 15 is 0 Å². The van der Waals surface area contributed by atoms with E-state index in [4.69, 9.17) is 9.72 Å². The lowest BCUT2D eigenvalue weighted by Gasteiger charge is -2.40. The van der Waals surface area contributed by atoms with Gasteiger partial charge in [0.15, 0.2) is 0 Å². The van der Waals surface area contributed by atoms with E-state index in [2.05, 4.69) is 40.4 Å². The number of nitrogens with zero attached hydrogens (tertiary/aromatic N) is 3. The summed E-state index contributed by atoms with van der Waals surface area (Å²) in [6.45, 7) is 10.7. The molecule has 0 atom stereocenters. The molecule has 0 aliphatic carbocycles. The first-order valence-electron chi connectivity index (χ1n) is 11.0. The number of hydrogen-bond acceptors (Lipinski definition) is 6. The van der Waals surface area contributed by atoms with E-state index in [1.807, 2.05) is 43.5 Å². The molecule has 1 saturated heterocycles. The van der Waals surface area contributed by atoms with Crippen molar-refractivity contribution >= 4 is 22.8 Å². The molecular formula is C25H31N5O2. The zero-order valence-corrected chi connectivity index (χ0v) is 19.2. The molecule has 0 spiro atoms. The summed E-state index contributed by atoms with van der Waals surface area (Å²) in [5.41, 5.74) is 4.70. The number of anilines is 1. The molecule has 1 fully saturated rings. The van der Waals surface area contributed by atoms with Crippen molar-refractivity contribution in [3.63, 3.8) is 0 Å². The summed E-state index contributed by atoms with van der Waals surface area (Å²) in [7, 11) is 1.64. The molecule has 0 unspecified atom stereocenters. The minimum Gasteiger partial charge on any atom is -0.379 e. The maximum Gasteiger partial charge on any atom is 0.251 e. The Morgan fingerprint density at radius 3 is 2.69 bits per heavy atom. The van der Waals surface area contributed by atoms with E-state index in [9.17, 15) is 4.79 Å². The Bertz CT molecular complexity index is 1120. The van der Waals surface area contributed by atoms with Crippen LogP contribution < -0.4 is 10.6 Å². The molecule has 2 N–H and O–H groups in total. The molecule has 0 bridgehead atoms. The quantitative estimate of drug-likeness (QED) is 0.620. The van der Waals surface area contributed by atoms with Crippen LogP contribution in [0.15, 0.2) is 42.6 Å². The smallest absolute Gasteiger partial charge is 0.251 e. The minimum atomic E-state index is -0.0916. The van der Waals surface area contributed by atoms with Crippen LogP contribution in [-0.4, -0.2) is 66.2 Å². The van der Waals surface area contributed by atoms with Crippen LogP contribution in [0.2, 0.25) is 0 Å². The summed E-state index contributed by atoms with van der Waals surface area (Å²) in [5, 5.41) is 7.05. The van der Waals surface area contributed by atoms with Gasteiger partial charge in [0, 0.05) is 49.4 Å². The van der Waals surface area contributed by atoms with Crippen LogP contribution in [-0.2, 0) is 4.74 Å². The van der Waals surface area contributed by atoms with Crippen molar-refractivity contribution in [3.05, 3.63) is 53.7 Å². The summed E-state index contributed by atoms with van der Waals surface area (Å²) in [6.07, 6.45) is 1.85. The van der Waals surface area contributed by atoms with Crippen LogP contribution >= 0.6 is 0 Å². The second-order valence-corrected chi connectivity index (χ2v) is 8.84.